The molecule has 5 nitrogen and oxygen atoms in total. The first kappa shape index (κ1) is 16.4. The van der Waals surface area contributed by atoms with E-state index in [0.717, 1.165) is 17.1 Å². The highest BCUT2D eigenvalue weighted by molar-refractivity contribution is 5.91. The molecule has 0 saturated carbocycles. The van der Waals surface area contributed by atoms with Crippen molar-refractivity contribution in [2.45, 2.75) is 13.3 Å². The Morgan fingerprint density at radius 1 is 1.17 bits per heavy atom. The maximum atomic E-state index is 11.9. The summed E-state index contributed by atoms with van der Waals surface area (Å²) in [6, 6.07) is 16.6. The summed E-state index contributed by atoms with van der Waals surface area (Å²) < 4.78 is 5.35. The van der Waals surface area contributed by atoms with Gasteiger partial charge in [0.25, 0.3) is 0 Å². The molecule has 0 heterocycles. The number of ether oxygens (including phenoxy) is 1. The molecule has 0 radical (unpaired) electrons. The third-order valence-corrected chi connectivity index (χ3v) is 3.16. The van der Waals surface area contributed by atoms with Gasteiger partial charge in [0.05, 0.1) is 17.9 Å². The van der Waals surface area contributed by atoms with Crippen molar-refractivity contribution in [3.63, 3.8) is 0 Å². The lowest BCUT2D eigenvalue weighted by Gasteiger charge is -2.09. The molecule has 0 saturated heterocycles. The van der Waals surface area contributed by atoms with Gasteiger partial charge in [0, 0.05) is 18.7 Å². The predicted molar refractivity (Wildman–Crippen MR) is 90.5 cm³/mol. The Morgan fingerprint density at radius 2 is 1.91 bits per heavy atom. The molecule has 0 fully saturated rings. The van der Waals surface area contributed by atoms with E-state index in [0.29, 0.717) is 25.1 Å². The largest absolute Gasteiger partial charge is 0.494 e. The molecule has 2 N–H and O–H groups in total. The highest BCUT2D eigenvalue weighted by Gasteiger charge is 2.04. The van der Waals surface area contributed by atoms with Crippen molar-refractivity contribution in [2.24, 2.45) is 0 Å². The maximum absolute atomic E-state index is 11.9. The average Bonchev–Trinajstić information content (AvgIpc) is 2.57. The van der Waals surface area contributed by atoms with Crippen LogP contribution in [0.25, 0.3) is 0 Å². The second-order valence-electron chi connectivity index (χ2n) is 4.84. The van der Waals surface area contributed by atoms with Gasteiger partial charge in [-0.1, -0.05) is 12.1 Å². The van der Waals surface area contributed by atoms with Crippen molar-refractivity contribution < 1.29 is 9.53 Å². The monoisotopic (exact) mass is 309 g/mol. The summed E-state index contributed by atoms with van der Waals surface area (Å²) >= 11 is 0. The Bertz CT molecular complexity index is 690. The number of hydrogen-bond acceptors (Lipinski definition) is 4. The number of nitriles is 1. The number of amides is 1. The summed E-state index contributed by atoms with van der Waals surface area (Å²) in [4.78, 5) is 11.9. The van der Waals surface area contributed by atoms with Crippen LogP contribution in [0.4, 0.5) is 11.4 Å². The number of nitrogens with zero attached hydrogens (tertiary/aromatic N) is 1. The zero-order valence-electron chi connectivity index (χ0n) is 13.0. The molecule has 2 rings (SSSR count). The molecule has 2 aromatic carbocycles. The second kappa shape index (κ2) is 8.44. The van der Waals surface area contributed by atoms with Crippen LogP contribution in [-0.4, -0.2) is 19.1 Å². The van der Waals surface area contributed by atoms with E-state index in [4.69, 9.17) is 10.00 Å². The van der Waals surface area contributed by atoms with E-state index >= 15 is 0 Å². The lowest BCUT2D eigenvalue weighted by atomic mass is 10.2. The quantitative estimate of drug-likeness (QED) is 0.822. The van der Waals surface area contributed by atoms with Crippen molar-refractivity contribution in [1.29, 1.82) is 5.26 Å². The zero-order chi connectivity index (χ0) is 16.5. The summed E-state index contributed by atoms with van der Waals surface area (Å²) in [5.41, 5.74) is 2.04. The fourth-order valence-corrected chi connectivity index (χ4v) is 2.07. The Hall–Kier alpha value is -3.00. The van der Waals surface area contributed by atoms with Crippen LogP contribution < -0.4 is 15.4 Å². The standard InChI is InChI=1S/C18H19N3O2/c1-2-23-16-9-7-15(8-10-16)21-18(22)11-12-20-17-6-4-3-5-14(17)13-19/h3-10,20H,2,11-12H2,1H3,(H,21,22). The van der Waals surface area contributed by atoms with Crippen molar-refractivity contribution >= 4 is 17.3 Å². The van der Waals surface area contributed by atoms with Gasteiger partial charge in [-0.3, -0.25) is 4.79 Å². The van der Waals surface area contributed by atoms with Crippen molar-refractivity contribution in [3.8, 4) is 11.8 Å². The molecule has 0 aliphatic heterocycles. The number of para-hydroxylation sites is 1. The van der Waals surface area contributed by atoms with E-state index in [-0.39, 0.29) is 5.91 Å². The number of carbonyl (C=O) groups is 1. The van der Waals surface area contributed by atoms with Gasteiger partial charge in [-0.15, -0.1) is 0 Å². The van der Waals surface area contributed by atoms with Gasteiger partial charge in [-0.05, 0) is 43.3 Å². The molecule has 0 unspecified atom stereocenters. The molecule has 23 heavy (non-hydrogen) atoms. The minimum absolute atomic E-state index is 0.0869. The van der Waals surface area contributed by atoms with Gasteiger partial charge in [-0.25, -0.2) is 0 Å². The molecule has 0 aliphatic rings. The van der Waals surface area contributed by atoms with Crippen LogP contribution in [0.2, 0.25) is 0 Å². The third kappa shape index (κ3) is 5.04. The van der Waals surface area contributed by atoms with Gasteiger partial charge in [0.2, 0.25) is 5.91 Å². The first-order valence-electron chi connectivity index (χ1n) is 7.48. The van der Waals surface area contributed by atoms with Crippen LogP contribution in [0.15, 0.2) is 48.5 Å². The molecular weight excluding hydrogens is 290 g/mol. The van der Waals surface area contributed by atoms with E-state index < -0.39 is 0 Å². The van der Waals surface area contributed by atoms with E-state index in [9.17, 15) is 4.79 Å². The lowest BCUT2D eigenvalue weighted by molar-refractivity contribution is -0.115. The maximum Gasteiger partial charge on any atom is 0.226 e. The van der Waals surface area contributed by atoms with Gasteiger partial charge < -0.3 is 15.4 Å². The summed E-state index contributed by atoms with van der Waals surface area (Å²) in [5.74, 6) is 0.691. The molecule has 0 spiro atoms. The number of hydrogen-bond donors (Lipinski definition) is 2. The number of benzene rings is 2. The summed E-state index contributed by atoms with van der Waals surface area (Å²) in [7, 11) is 0. The van der Waals surface area contributed by atoms with Gasteiger partial charge >= 0.3 is 0 Å². The molecule has 0 atom stereocenters. The van der Waals surface area contributed by atoms with E-state index in [1.54, 1.807) is 18.2 Å². The molecule has 0 bridgehead atoms. The van der Waals surface area contributed by atoms with Gasteiger partial charge in [-0.2, -0.15) is 5.26 Å². The van der Waals surface area contributed by atoms with Crippen molar-refractivity contribution in [2.75, 3.05) is 23.8 Å². The van der Waals surface area contributed by atoms with Crippen LogP contribution in [0.5, 0.6) is 5.75 Å². The molecule has 0 aromatic heterocycles. The van der Waals surface area contributed by atoms with E-state index in [1.165, 1.54) is 0 Å². The minimum Gasteiger partial charge on any atom is -0.494 e. The second-order valence-corrected chi connectivity index (χ2v) is 4.84. The smallest absolute Gasteiger partial charge is 0.226 e. The average molecular weight is 309 g/mol. The Kier molecular flexibility index (Phi) is 6.01. The Morgan fingerprint density at radius 3 is 2.61 bits per heavy atom. The number of nitrogens with one attached hydrogen (secondary N) is 2. The highest BCUT2D eigenvalue weighted by Crippen LogP contribution is 2.16. The topological polar surface area (TPSA) is 74.2 Å². The van der Waals surface area contributed by atoms with Crippen molar-refractivity contribution in [3.05, 3.63) is 54.1 Å². The predicted octanol–water partition coefficient (Wildman–Crippen LogP) is 3.40. The van der Waals surface area contributed by atoms with Crippen LogP contribution in [0, 0.1) is 11.3 Å². The molecule has 0 aliphatic carbocycles. The number of rotatable bonds is 7. The normalized spacial score (nSPS) is 9.74. The fourth-order valence-electron chi connectivity index (χ4n) is 2.07. The lowest BCUT2D eigenvalue weighted by Crippen LogP contribution is -2.16. The van der Waals surface area contributed by atoms with Crippen LogP contribution in [0.1, 0.15) is 18.9 Å². The fraction of sp³-hybridized carbons (Fsp3) is 0.222. The highest BCUT2D eigenvalue weighted by atomic mass is 16.5. The molecule has 5 heteroatoms. The summed E-state index contributed by atoms with van der Waals surface area (Å²) in [6.07, 6.45) is 0.312. The molecular formula is C18H19N3O2. The SMILES string of the molecule is CCOc1ccc(NC(=O)CCNc2ccccc2C#N)cc1. The van der Waals surface area contributed by atoms with E-state index in [1.807, 2.05) is 37.3 Å². The number of carbonyl (C=O) groups excluding carboxylic acids is 1. The van der Waals surface area contributed by atoms with Gasteiger partial charge in [0.15, 0.2) is 0 Å². The molecule has 118 valence electrons. The Labute approximate surface area is 135 Å². The minimum atomic E-state index is -0.0869. The zero-order valence-corrected chi connectivity index (χ0v) is 13.0. The third-order valence-electron chi connectivity index (χ3n) is 3.16. The van der Waals surface area contributed by atoms with Crippen LogP contribution in [-0.2, 0) is 4.79 Å². The number of anilines is 2. The Balaban J connectivity index is 1.80. The summed E-state index contributed by atoms with van der Waals surface area (Å²) in [6.45, 7) is 3.00. The summed E-state index contributed by atoms with van der Waals surface area (Å²) in [5, 5.41) is 14.9. The van der Waals surface area contributed by atoms with Crippen LogP contribution >= 0.6 is 0 Å². The first-order chi connectivity index (χ1) is 11.2. The van der Waals surface area contributed by atoms with Gasteiger partial charge in [0.1, 0.15) is 11.8 Å². The van der Waals surface area contributed by atoms with E-state index in [2.05, 4.69) is 16.7 Å². The molecule has 2 aromatic rings. The first-order valence-corrected chi connectivity index (χ1v) is 7.48. The van der Waals surface area contributed by atoms with Crippen molar-refractivity contribution in [1.82, 2.24) is 0 Å². The molecule has 1 amide bonds. The van der Waals surface area contributed by atoms with Crippen LogP contribution in [0.3, 0.4) is 0 Å².